The molecule has 0 saturated heterocycles. The van der Waals surface area contributed by atoms with Crippen molar-refractivity contribution in [3.8, 4) is 5.75 Å². The monoisotopic (exact) mass is 256 g/mol. The number of benzene rings is 1. The summed E-state index contributed by atoms with van der Waals surface area (Å²) in [5.41, 5.74) is 0.705. The standard InChI is InChI=1S/C11H13O5P/c1-2-11(12)15-8-7-9-5-3-4-6-10(9)16-17(13)14/h2-6,17H,1,7-8H2,(H,13,14). The highest BCUT2D eigenvalue weighted by Crippen LogP contribution is 2.26. The van der Waals surface area contributed by atoms with Crippen LogP contribution in [0, 0.1) is 0 Å². The van der Waals surface area contributed by atoms with Gasteiger partial charge in [-0.25, -0.2) is 9.36 Å². The second-order valence-electron chi connectivity index (χ2n) is 3.10. The van der Waals surface area contributed by atoms with Crippen LogP contribution in [0.5, 0.6) is 5.75 Å². The van der Waals surface area contributed by atoms with E-state index in [1.807, 2.05) is 0 Å². The molecule has 5 nitrogen and oxygen atoms in total. The molecule has 0 aliphatic carbocycles. The third kappa shape index (κ3) is 4.85. The summed E-state index contributed by atoms with van der Waals surface area (Å²) in [7, 11) is -3.03. The molecule has 1 rings (SSSR count). The summed E-state index contributed by atoms with van der Waals surface area (Å²) in [6, 6.07) is 6.79. The summed E-state index contributed by atoms with van der Waals surface area (Å²) in [4.78, 5) is 19.5. The summed E-state index contributed by atoms with van der Waals surface area (Å²) < 4.78 is 20.2. The molecule has 0 spiro atoms. The number of hydrogen-bond donors (Lipinski definition) is 1. The fourth-order valence-electron chi connectivity index (χ4n) is 1.22. The Morgan fingerprint density at radius 3 is 2.82 bits per heavy atom. The minimum Gasteiger partial charge on any atom is -0.462 e. The Morgan fingerprint density at radius 1 is 1.47 bits per heavy atom. The first-order chi connectivity index (χ1) is 8.13. The van der Waals surface area contributed by atoms with Crippen LogP contribution in [-0.4, -0.2) is 17.5 Å². The Labute approximate surface area is 99.6 Å². The SMILES string of the molecule is C=CC(=O)OCCc1ccccc1O[PH](=O)O. The van der Waals surface area contributed by atoms with E-state index in [9.17, 15) is 9.36 Å². The van der Waals surface area contributed by atoms with Crippen molar-refractivity contribution in [2.75, 3.05) is 6.61 Å². The zero-order valence-electron chi connectivity index (χ0n) is 9.09. The number of hydrogen-bond acceptors (Lipinski definition) is 4. The van der Waals surface area contributed by atoms with E-state index in [1.54, 1.807) is 24.3 Å². The number of carbonyl (C=O) groups excluding carboxylic acids is 1. The Balaban J connectivity index is 2.60. The lowest BCUT2D eigenvalue weighted by Crippen LogP contribution is -2.05. The molecule has 0 aliphatic heterocycles. The van der Waals surface area contributed by atoms with E-state index >= 15 is 0 Å². The molecule has 0 bridgehead atoms. The Morgan fingerprint density at radius 2 is 2.18 bits per heavy atom. The van der Waals surface area contributed by atoms with Gasteiger partial charge in [0, 0.05) is 12.5 Å². The predicted octanol–water partition coefficient (Wildman–Crippen LogP) is 1.72. The van der Waals surface area contributed by atoms with Crippen molar-refractivity contribution < 1.29 is 23.5 Å². The Bertz CT molecular complexity index is 430. The number of carbonyl (C=O) groups is 1. The van der Waals surface area contributed by atoms with Gasteiger partial charge in [-0.05, 0) is 11.6 Å². The zero-order valence-corrected chi connectivity index (χ0v) is 10.1. The van der Waals surface area contributed by atoms with Gasteiger partial charge in [-0.3, -0.25) is 0 Å². The van der Waals surface area contributed by atoms with E-state index in [1.165, 1.54) is 0 Å². The fourth-order valence-corrected chi connectivity index (χ4v) is 1.61. The van der Waals surface area contributed by atoms with Crippen LogP contribution in [0.4, 0.5) is 0 Å². The van der Waals surface area contributed by atoms with E-state index in [2.05, 4.69) is 6.58 Å². The van der Waals surface area contributed by atoms with Crippen LogP contribution in [0.15, 0.2) is 36.9 Å². The lowest BCUT2D eigenvalue weighted by Gasteiger charge is -2.08. The smallest absolute Gasteiger partial charge is 0.365 e. The molecule has 0 amide bonds. The molecule has 92 valence electrons. The molecular weight excluding hydrogens is 243 g/mol. The van der Waals surface area contributed by atoms with Crippen LogP contribution < -0.4 is 4.52 Å². The summed E-state index contributed by atoms with van der Waals surface area (Å²) in [5.74, 6) is -0.173. The lowest BCUT2D eigenvalue weighted by atomic mass is 10.1. The van der Waals surface area contributed by atoms with Crippen LogP contribution in [0.1, 0.15) is 5.56 Å². The maximum atomic E-state index is 10.8. The van der Waals surface area contributed by atoms with Gasteiger partial charge in [0.15, 0.2) is 0 Å². The van der Waals surface area contributed by atoms with Crippen LogP contribution in [0.3, 0.4) is 0 Å². The Kier molecular flexibility index (Phi) is 5.46. The quantitative estimate of drug-likeness (QED) is 0.476. The molecule has 0 saturated carbocycles. The molecule has 17 heavy (non-hydrogen) atoms. The topological polar surface area (TPSA) is 72.8 Å². The molecule has 1 aromatic rings. The van der Waals surface area contributed by atoms with Gasteiger partial charge in [0.05, 0.1) is 6.61 Å². The molecule has 6 heteroatoms. The lowest BCUT2D eigenvalue weighted by molar-refractivity contribution is -0.137. The molecule has 1 aromatic carbocycles. The molecule has 1 atom stereocenters. The molecule has 0 radical (unpaired) electrons. The first-order valence-corrected chi connectivity index (χ1v) is 6.17. The maximum absolute atomic E-state index is 10.8. The highest BCUT2D eigenvalue weighted by atomic mass is 31.1. The third-order valence-corrected chi connectivity index (χ3v) is 2.35. The molecule has 0 aliphatic rings. The van der Waals surface area contributed by atoms with Crippen molar-refractivity contribution in [1.29, 1.82) is 0 Å². The second-order valence-corrected chi connectivity index (χ2v) is 3.83. The van der Waals surface area contributed by atoms with Crippen molar-refractivity contribution in [2.24, 2.45) is 0 Å². The minimum absolute atomic E-state index is 0.164. The average molecular weight is 256 g/mol. The van der Waals surface area contributed by atoms with Gasteiger partial charge in [-0.1, -0.05) is 24.8 Å². The summed E-state index contributed by atoms with van der Waals surface area (Å²) >= 11 is 0. The predicted molar refractivity (Wildman–Crippen MR) is 63.2 cm³/mol. The molecule has 1 unspecified atom stereocenters. The van der Waals surface area contributed by atoms with Crippen LogP contribution in [0.2, 0.25) is 0 Å². The summed E-state index contributed by atoms with van der Waals surface area (Å²) in [5, 5.41) is 0. The molecule has 0 aromatic heterocycles. The van der Waals surface area contributed by atoms with Crippen molar-refractivity contribution in [3.05, 3.63) is 42.5 Å². The van der Waals surface area contributed by atoms with E-state index in [-0.39, 0.29) is 6.61 Å². The van der Waals surface area contributed by atoms with Gasteiger partial charge >= 0.3 is 14.2 Å². The van der Waals surface area contributed by atoms with Crippen molar-refractivity contribution >= 4 is 14.2 Å². The van der Waals surface area contributed by atoms with Gasteiger partial charge in [0.25, 0.3) is 0 Å². The highest BCUT2D eigenvalue weighted by molar-refractivity contribution is 7.32. The van der Waals surface area contributed by atoms with Gasteiger partial charge in [0.2, 0.25) is 0 Å². The van der Waals surface area contributed by atoms with Crippen molar-refractivity contribution in [3.63, 3.8) is 0 Å². The Hall–Kier alpha value is -1.58. The van der Waals surface area contributed by atoms with Crippen molar-refractivity contribution in [2.45, 2.75) is 6.42 Å². The van der Waals surface area contributed by atoms with Crippen LogP contribution >= 0.6 is 8.25 Å². The van der Waals surface area contributed by atoms with Crippen LogP contribution in [0.25, 0.3) is 0 Å². The first kappa shape index (κ1) is 13.5. The molecule has 1 N–H and O–H groups in total. The van der Waals surface area contributed by atoms with Gasteiger partial charge in [-0.2, -0.15) is 0 Å². The second kappa shape index (κ2) is 6.89. The number of rotatable bonds is 6. The van der Waals surface area contributed by atoms with E-state index in [0.717, 1.165) is 6.08 Å². The molecule has 0 fully saturated rings. The summed E-state index contributed by atoms with van der Waals surface area (Å²) in [6.07, 6.45) is 1.49. The van der Waals surface area contributed by atoms with Gasteiger partial charge in [-0.15, -0.1) is 0 Å². The molecule has 0 heterocycles. The minimum atomic E-state index is -3.03. The zero-order chi connectivity index (χ0) is 12.7. The number of para-hydroxylation sites is 1. The van der Waals surface area contributed by atoms with Crippen molar-refractivity contribution in [1.82, 2.24) is 0 Å². The van der Waals surface area contributed by atoms with E-state index in [4.69, 9.17) is 14.2 Å². The van der Waals surface area contributed by atoms with Crippen LogP contribution in [-0.2, 0) is 20.5 Å². The van der Waals surface area contributed by atoms with Gasteiger partial charge < -0.3 is 14.2 Å². The summed E-state index contributed by atoms with van der Waals surface area (Å²) in [6.45, 7) is 3.44. The number of ether oxygens (including phenoxy) is 1. The first-order valence-electron chi connectivity index (χ1n) is 4.91. The maximum Gasteiger partial charge on any atom is 0.365 e. The normalized spacial score (nSPS) is 11.6. The fraction of sp³-hybridized carbons (Fsp3) is 0.182. The largest absolute Gasteiger partial charge is 0.462 e. The van der Waals surface area contributed by atoms with Gasteiger partial charge in [0.1, 0.15) is 5.75 Å². The molecular formula is C11H13O5P. The van der Waals surface area contributed by atoms with E-state index < -0.39 is 14.2 Å². The third-order valence-electron chi connectivity index (χ3n) is 1.95. The van der Waals surface area contributed by atoms with E-state index in [0.29, 0.717) is 17.7 Å². The number of esters is 1. The highest BCUT2D eigenvalue weighted by Gasteiger charge is 2.05. The average Bonchev–Trinajstić information content (AvgIpc) is 2.30.